The van der Waals surface area contributed by atoms with Gasteiger partial charge in [0.05, 0.1) is 23.9 Å². The molecule has 8 rings (SSSR count). The highest BCUT2D eigenvalue weighted by molar-refractivity contribution is 6.01. The van der Waals surface area contributed by atoms with Crippen LogP contribution in [-0.4, -0.2) is 63.9 Å². The van der Waals surface area contributed by atoms with Gasteiger partial charge in [0, 0.05) is 5.92 Å². The van der Waals surface area contributed by atoms with E-state index in [0.29, 0.717) is 25.7 Å². The summed E-state index contributed by atoms with van der Waals surface area (Å²) in [6, 6.07) is 0. The van der Waals surface area contributed by atoms with Gasteiger partial charge in [0.15, 0.2) is 28.4 Å². The number of fused-ring (bicyclic) bond motifs is 5. The van der Waals surface area contributed by atoms with Crippen LogP contribution in [0.15, 0.2) is 23.8 Å². The molecule has 5 aliphatic heterocycles. The van der Waals surface area contributed by atoms with E-state index in [1.54, 1.807) is 13.0 Å². The first-order chi connectivity index (χ1) is 17.4. The van der Waals surface area contributed by atoms with E-state index in [1.165, 1.54) is 0 Å². The topological polar surface area (TPSA) is 125 Å². The molecule has 2 spiro atoms. The van der Waals surface area contributed by atoms with Crippen LogP contribution >= 0.6 is 0 Å². The zero-order valence-corrected chi connectivity index (χ0v) is 21.1. The van der Waals surface area contributed by atoms with Crippen LogP contribution in [0.3, 0.4) is 0 Å². The van der Waals surface area contributed by atoms with E-state index in [4.69, 9.17) is 18.9 Å². The third kappa shape index (κ3) is 1.97. The zero-order valence-electron chi connectivity index (χ0n) is 21.1. The number of ketones is 2. The van der Waals surface area contributed by atoms with Crippen LogP contribution in [0.4, 0.5) is 0 Å². The summed E-state index contributed by atoms with van der Waals surface area (Å²) >= 11 is 0. The van der Waals surface area contributed by atoms with Crippen LogP contribution < -0.4 is 0 Å². The Bertz CT molecular complexity index is 1300. The van der Waals surface area contributed by atoms with E-state index in [-0.39, 0.29) is 24.6 Å². The van der Waals surface area contributed by atoms with E-state index in [9.17, 15) is 24.3 Å². The number of hydrogen-bond donors (Lipinski definition) is 1. The van der Waals surface area contributed by atoms with Crippen molar-refractivity contribution < 1.29 is 43.2 Å². The standard InChI is InChI=1S/C28H30O9/c1-23-11-18-25(3)28-19(23)20(30)27(37-28,34-12-16(23)21(31)35-18)15-8-7-13-5-4-6-17(29)24(13,2)14(15)9-10-26(28,33)22(32)36-25/h4,6-7,14-16,18-19,33H,5,8-12H2,1-3H3/t14?,15?,16-,18-,19?,23+,24-,25-,26+,27+,28-/m0/s1. The molecule has 0 aromatic rings. The molecule has 0 aromatic heterocycles. The van der Waals surface area contributed by atoms with Crippen molar-refractivity contribution in [3.63, 3.8) is 0 Å². The second-order valence-corrected chi connectivity index (χ2v) is 13.0. The Balaban J connectivity index is 1.43. The first-order valence-electron chi connectivity index (χ1n) is 13.4. The molecule has 9 nitrogen and oxygen atoms in total. The predicted octanol–water partition coefficient (Wildman–Crippen LogP) is 1.56. The molecular weight excluding hydrogens is 480 g/mol. The van der Waals surface area contributed by atoms with Crippen LogP contribution in [0.1, 0.15) is 52.9 Å². The minimum atomic E-state index is -2.17. The molecule has 11 atom stereocenters. The van der Waals surface area contributed by atoms with Gasteiger partial charge >= 0.3 is 11.9 Å². The minimum absolute atomic E-state index is 0.0380. The van der Waals surface area contributed by atoms with Crippen LogP contribution in [0.5, 0.6) is 0 Å². The Kier molecular flexibility index (Phi) is 3.73. The molecule has 9 heteroatoms. The maximum atomic E-state index is 14.8. The number of Topliss-reactive ketones (excluding diaryl/α,β-unsaturated/α-hetero) is 1. The summed E-state index contributed by atoms with van der Waals surface area (Å²) in [5.74, 6) is -6.36. The fraction of sp³-hybridized carbons (Fsp3) is 0.714. The van der Waals surface area contributed by atoms with E-state index >= 15 is 0 Å². The maximum Gasteiger partial charge on any atom is 0.342 e. The summed E-state index contributed by atoms with van der Waals surface area (Å²) in [5, 5.41) is 12.4. The van der Waals surface area contributed by atoms with E-state index in [0.717, 1.165) is 5.57 Å². The molecule has 1 N–H and O–H groups in total. The molecule has 196 valence electrons. The number of hydrogen-bond acceptors (Lipinski definition) is 9. The van der Waals surface area contributed by atoms with Crippen molar-refractivity contribution in [2.24, 2.45) is 34.5 Å². The maximum absolute atomic E-state index is 14.8. The molecule has 0 amide bonds. The summed E-state index contributed by atoms with van der Waals surface area (Å²) in [6.07, 6.45) is 6.24. The first-order valence-corrected chi connectivity index (χ1v) is 13.4. The third-order valence-electron chi connectivity index (χ3n) is 12.0. The largest absolute Gasteiger partial charge is 0.458 e. The molecule has 5 saturated heterocycles. The number of ether oxygens (including phenoxy) is 4. The van der Waals surface area contributed by atoms with Crippen molar-refractivity contribution in [1.82, 2.24) is 0 Å². The summed E-state index contributed by atoms with van der Waals surface area (Å²) in [7, 11) is 0. The monoisotopic (exact) mass is 510 g/mol. The van der Waals surface area contributed by atoms with Gasteiger partial charge < -0.3 is 24.1 Å². The summed E-state index contributed by atoms with van der Waals surface area (Å²) in [6.45, 7) is 5.29. The van der Waals surface area contributed by atoms with Gasteiger partial charge in [-0.25, -0.2) is 4.79 Å². The Hall–Kier alpha value is -2.36. The Morgan fingerprint density at radius 1 is 1.08 bits per heavy atom. The first kappa shape index (κ1) is 22.6. The third-order valence-corrected chi connectivity index (χ3v) is 12.0. The van der Waals surface area contributed by atoms with Gasteiger partial charge in [0.2, 0.25) is 5.79 Å². The highest BCUT2D eigenvalue weighted by Gasteiger charge is 2.93. The lowest BCUT2D eigenvalue weighted by Gasteiger charge is -2.63. The van der Waals surface area contributed by atoms with E-state index < -0.39 is 75.1 Å². The van der Waals surface area contributed by atoms with Gasteiger partial charge in [-0.3, -0.25) is 14.4 Å². The Labute approximate surface area is 213 Å². The smallest absolute Gasteiger partial charge is 0.342 e. The van der Waals surface area contributed by atoms with Gasteiger partial charge in [-0.15, -0.1) is 0 Å². The molecule has 8 aliphatic rings. The fourth-order valence-electron chi connectivity index (χ4n) is 10.0. The highest BCUT2D eigenvalue weighted by Crippen LogP contribution is 2.75. The molecule has 37 heavy (non-hydrogen) atoms. The lowest BCUT2D eigenvalue weighted by Crippen LogP contribution is -2.79. The van der Waals surface area contributed by atoms with E-state index in [2.05, 4.69) is 0 Å². The molecule has 3 unspecified atom stereocenters. The second kappa shape index (κ2) is 6.10. The summed E-state index contributed by atoms with van der Waals surface area (Å²) in [4.78, 5) is 55.2. The molecular formula is C28H30O9. The van der Waals surface area contributed by atoms with Gasteiger partial charge in [-0.05, 0) is 63.4 Å². The van der Waals surface area contributed by atoms with Crippen molar-refractivity contribution >= 4 is 23.5 Å². The van der Waals surface area contributed by atoms with Gasteiger partial charge in [0.1, 0.15) is 6.10 Å². The Morgan fingerprint density at radius 3 is 2.65 bits per heavy atom. The van der Waals surface area contributed by atoms with Crippen molar-refractivity contribution in [3.8, 4) is 0 Å². The number of carbonyl (C=O) groups excluding carboxylic acids is 4. The Morgan fingerprint density at radius 2 is 1.86 bits per heavy atom. The molecule has 6 fully saturated rings. The van der Waals surface area contributed by atoms with Crippen LogP contribution in [0.25, 0.3) is 0 Å². The number of carbonyl (C=O) groups is 4. The molecule has 0 aromatic carbocycles. The highest BCUT2D eigenvalue weighted by atomic mass is 16.8. The molecule has 0 radical (unpaired) electrons. The molecule has 5 heterocycles. The molecule has 3 aliphatic carbocycles. The van der Waals surface area contributed by atoms with Crippen molar-refractivity contribution in [2.75, 3.05) is 6.61 Å². The fourth-order valence-corrected chi connectivity index (χ4v) is 10.0. The average Bonchev–Trinajstić information content (AvgIpc) is 3.16. The summed E-state index contributed by atoms with van der Waals surface area (Å²) < 4.78 is 25.1. The van der Waals surface area contributed by atoms with Crippen LogP contribution in [0.2, 0.25) is 0 Å². The normalized spacial score (nSPS) is 58.5. The van der Waals surface area contributed by atoms with Crippen molar-refractivity contribution in [2.45, 2.75) is 81.6 Å². The molecule has 1 saturated carbocycles. The number of allylic oxidation sites excluding steroid dienone is 4. The number of esters is 2. The van der Waals surface area contributed by atoms with E-state index in [1.807, 2.05) is 26.0 Å². The summed E-state index contributed by atoms with van der Waals surface area (Å²) in [5.41, 5.74) is -6.43. The number of rotatable bonds is 0. The molecule has 5 bridgehead atoms. The van der Waals surface area contributed by atoms with Gasteiger partial charge in [-0.1, -0.05) is 24.6 Å². The quantitative estimate of drug-likeness (QED) is 0.382. The average molecular weight is 511 g/mol. The lowest BCUT2D eigenvalue weighted by molar-refractivity contribution is -0.374. The minimum Gasteiger partial charge on any atom is -0.458 e. The SMILES string of the molecule is C[C@]12C(=O)C=CCC1=CCC1C2CC[C@@]2(O)C(=O)O[C@@]3(C)[C@@H]4C[C@@]5(C)C6C(=O)[C@]1(OC[C@H]5C(=O)O4)O[C@]623. The van der Waals surface area contributed by atoms with Crippen LogP contribution in [0, 0.1) is 34.5 Å². The van der Waals surface area contributed by atoms with Crippen LogP contribution in [-0.2, 0) is 38.1 Å². The zero-order chi connectivity index (χ0) is 26.0. The lowest BCUT2D eigenvalue weighted by atomic mass is 9.46. The second-order valence-electron chi connectivity index (χ2n) is 13.0. The predicted molar refractivity (Wildman–Crippen MR) is 122 cm³/mol. The number of aliphatic hydroxyl groups is 1. The van der Waals surface area contributed by atoms with Crippen molar-refractivity contribution in [1.29, 1.82) is 0 Å². The van der Waals surface area contributed by atoms with Gasteiger partial charge in [0.25, 0.3) is 0 Å². The van der Waals surface area contributed by atoms with Gasteiger partial charge in [-0.2, -0.15) is 0 Å². The van der Waals surface area contributed by atoms with Crippen molar-refractivity contribution in [3.05, 3.63) is 23.8 Å².